The topological polar surface area (TPSA) is 102 Å². The number of amides is 1. The normalized spacial score (nSPS) is 14.7. The van der Waals surface area contributed by atoms with Crippen LogP contribution in [0.4, 0.5) is 5.69 Å². The van der Waals surface area contributed by atoms with E-state index in [9.17, 15) is 14.9 Å². The van der Waals surface area contributed by atoms with Crippen molar-refractivity contribution in [3.05, 3.63) is 74.3 Å². The van der Waals surface area contributed by atoms with Crippen LogP contribution in [-0.2, 0) is 13.2 Å². The fourth-order valence-corrected chi connectivity index (χ4v) is 4.16. The van der Waals surface area contributed by atoms with Crippen molar-refractivity contribution in [3.63, 3.8) is 0 Å². The number of nitrogens with zero attached hydrogens (tertiary/aromatic N) is 7. The fraction of sp³-hybridized carbons (Fsp3) is 0.381. The van der Waals surface area contributed by atoms with Crippen LogP contribution in [0, 0.1) is 24.0 Å². The second-order valence-electron chi connectivity index (χ2n) is 7.86. The Morgan fingerprint density at radius 2 is 1.91 bits per heavy atom. The van der Waals surface area contributed by atoms with Gasteiger partial charge in [0.25, 0.3) is 5.91 Å². The van der Waals surface area contributed by atoms with Gasteiger partial charge in [-0.15, -0.1) is 0 Å². The number of carbonyl (C=O) groups is 1. The van der Waals surface area contributed by atoms with Gasteiger partial charge in [-0.05, 0) is 37.6 Å². The van der Waals surface area contributed by atoms with E-state index < -0.39 is 4.92 Å². The maximum absolute atomic E-state index is 12.9. The minimum atomic E-state index is -0.432. The molecule has 1 aromatic carbocycles. The molecule has 3 aromatic rings. The van der Waals surface area contributed by atoms with Gasteiger partial charge in [0.05, 0.1) is 4.92 Å². The Hall–Kier alpha value is -3.24. The van der Waals surface area contributed by atoms with Crippen LogP contribution in [0.15, 0.2) is 36.5 Å². The molecular weight excluding hydrogens is 434 g/mol. The molecule has 0 unspecified atom stereocenters. The lowest BCUT2D eigenvalue weighted by atomic mass is 10.2. The maximum atomic E-state index is 12.9. The molecule has 3 heterocycles. The van der Waals surface area contributed by atoms with E-state index in [2.05, 4.69) is 15.1 Å². The number of halogens is 1. The number of piperazine rings is 1. The lowest BCUT2D eigenvalue weighted by Gasteiger charge is -2.34. The SMILES string of the molecule is Cc1nn(Cn2ccc(C(=O)N3CCN(Cc4cccc(Cl)c4)CC3)n2)c(C)c1[N+](=O)[O-]. The van der Waals surface area contributed by atoms with E-state index in [4.69, 9.17) is 11.6 Å². The zero-order chi connectivity index (χ0) is 22.8. The highest BCUT2D eigenvalue weighted by Crippen LogP contribution is 2.21. The molecule has 1 aliphatic rings. The van der Waals surface area contributed by atoms with Gasteiger partial charge in [0, 0.05) is 43.9 Å². The molecule has 1 fully saturated rings. The summed E-state index contributed by atoms with van der Waals surface area (Å²) in [5.41, 5.74) is 2.31. The van der Waals surface area contributed by atoms with Gasteiger partial charge >= 0.3 is 5.69 Å². The summed E-state index contributed by atoms with van der Waals surface area (Å²) < 4.78 is 3.08. The molecule has 1 saturated heterocycles. The summed E-state index contributed by atoms with van der Waals surface area (Å²) in [6.45, 7) is 7.03. The first-order valence-electron chi connectivity index (χ1n) is 10.3. The van der Waals surface area contributed by atoms with E-state index in [1.54, 1.807) is 35.7 Å². The van der Waals surface area contributed by atoms with Crippen molar-refractivity contribution in [2.45, 2.75) is 27.1 Å². The first-order valence-corrected chi connectivity index (χ1v) is 10.7. The van der Waals surface area contributed by atoms with Crippen LogP contribution in [0.5, 0.6) is 0 Å². The van der Waals surface area contributed by atoms with Crippen LogP contribution in [0.1, 0.15) is 27.4 Å². The molecule has 1 aliphatic heterocycles. The first kappa shape index (κ1) is 22.0. The van der Waals surface area contributed by atoms with Gasteiger partial charge < -0.3 is 4.90 Å². The smallest absolute Gasteiger partial charge is 0.312 e. The highest BCUT2D eigenvalue weighted by Gasteiger charge is 2.25. The van der Waals surface area contributed by atoms with Crippen LogP contribution in [0.25, 0.3) is 0 Å². The largest absolute Gasteiger partial charge is 0.335 e. The molecular formula is C21H24ClN7O3. The Bertz CT molecular complexity index is 1150. The van der Waals surface area contributed by atoms with E-state index in [1.165, 1.54) is 4.68 Å². The predicted molar refractivity (Wildman–Crippen MR) is 119 cm³/mol. The van der Waals surface area contributed by atoms with E-state index in [0.29, 0.717) is 30.2 Å². The molecule has 2 aromatic heterocycles. The van der Waals surface area contributed by atoms with E-state index in [0.717, 1.165) is 30.2 Å². The number of hydrogen-bond donors (Lipinski definition) is 0. The quantitative estimate of drug-likeness (QED) is 0.416. The average molecular weight is 458 g/mol. The molecule has 11 heteroatoms. The zero-order valence-electron chi connectivity index (χ0n) is 17.9. The monoisotopic (exact) mass is 457 g/mol. The van der Waals surface area contributed by atoms with Gasteiger partial charge in [0.1, 0.15) is 23.8 Å². The molecule has 0 atom stereocenters. The van der Waals surface area contributed by atoms with Crippen LogP contribution in [0.3, 0.4) is 0 Å². The third kappa shape index (κ3) is 4.66. The minimum absolute atomic E-state index is 0.00380. The third-order valence-electron chi connectivity index (χ3n) is 5.62. The van der Waals surface area contributed by atoms with Crippen molar-refractivity contribution in [2.75, 3.05) is 26.2 Å². The summed E-state index contributed by atoms with van der Waals surface area (Å²) in [7, 11) is 0. The third-order valence-corrected chi connectivity index (χ3v) is 5.85. The Morgan fingerprint density at radius 3 is 2.56 bits per heavy atom. The van der Waals surface area contributed by atoms with Crippen molar-refractivity contribution >= 4 is 23.2 Å². The van der Waals surface area contributed by atoms with Gasteiger partial charge in [-0.3, -0.25) is 24.5 Å². The Labute approximate surface area is 190 Å². The molecule has 4 rings (SSSR count). The molecule has 0 spiro atoms. The molecule has 32 heavy (non-hydrogen) atoms. The molecule has 0 saturated carbocycles. The van der Waals surface area contributed by atoms with Gasteiger partial charge in [-0.25, -0.2) is 4.68 Å². The lowest BCUT2D eigenvalue weighted by molar-refractivity contribution is -0.386. The fourth-order valence-electron chi connectivity index (χ4n) is 3.95. The van der Waals surface area contributed by atoms with Gasteiger partial charge in [0.15, 0.2) is 0 Å². The van der Waals surface area contributed by atoms with Gasteiger partial charge in [-0.1, -0.05) is 23.7 Å². The second kappa shape index (κ2) is 9.09. The molecule has 168 valence electrons. The molecule has 1 amide bonds. The van der Waals surface area contributed by atoms with Crippen LogP contribution < -0.4 is 0 Å². The van der Waals surface area contributed by atoms with Crippen molar-refractivity contribution in [3.8, 4) is 0 Å². The zero-order valence-corrected chi connectivity index (χ0v) is 18.7. The number of nitro groups is 1. The minimum Gasteiger partial charge on any atom is -0.335 e. The lowest BCUT2D eigenvalue weighted by Crippen LogP contribution is -2.48. The molecule has 0 bridgehead atoms. The van der Waals surface area contributed by atoms with E-state index in [-0.39, 0.29) is 18.3 Å². The van der Waals surface area contributed by atoms with E-state index >= 15 is 0 Å². The number of aryl methyl sites for hydroxylation is 1. The number of benzene rings is 1. The molecule has 10 nitrogen and oxygen atoms in total. The highest BCUT2D eigenvalue weighted by atomic mass is 35.5. The molecule has 0 radical (unpaired) electrons. The van der Waals surface area contributed by atoms with Crippen molar-refractivity contribution in [1.29, 1.82) is 0 Å². The summed E-state index contributed by atoms with van der Waals surface area (Å²) in [6.07, 6.45) is 1.69. The predicted octanol–water partition coefficient (Wildman–Crippen LogP) is 2.72. The summed E-state index contributed by atoms with van der Waals surface area (Å²) in [5.74, 6) is -0.120. The summed E-state index contributed by atoms with van der Waals surface area (Å²) >= 11 is 6.06. The standard InChI is InChI=1S/C21H24ClN7O3/c1-15-20(29(31)32)16(2)28(23-15)14-27-7-6-19(24-27)21(30)26-10-8-25(9-11-26)13-17-4-3-5-18(22)12-17/h3-7,12H,8-11,13-14H2,1-2H3. The Morgan fingerprint density at radius 1 is 1.16 bits per heavy atom. The number of aromatic nitrogens is 4. The summed E-state index contributed by atoms with van der Waals surface area (Å²) in [6, 6.07) is 9.48. The highest BCUT2D eigenvalue weighted by molar-refractivity contribution is 6.30. The van der Waals surface area contributed by atoms with E-state index in [1.807, 2.05) is 24.3 Å². The van der Waals surface area contributed by atoms with Crippen LogP contribution in [0.2, 0.25) is 5.02 Å². The summed E-state index contributed by atoms with van der Waals surface area (Å²) in [5, 5.41) is 20.5. The number of hydrogen-bond acceptors (Lipinski definition) is 6. The van der Waals surface area contributed by atoms with Crippen LogP contribution >= 0.6 is 11.6 Å². The summed E-state index contributed by atoms with van der Waals surface area (Å²) in [4.78, 5) is 27.7. The Kier molecular flexibility index (Phi) is 6.24. The number of rotatable bonds is 6. The first-order chi connectivity index (χ1) is 15.3. The second-order valence-corrected chi connectivity index (χ2v) is 8.29. The molecule has 0 aliphatic carbocycles. The van der Waals surface area contributed by atoms with Crippen molar-refractivity contribution in [1.82, 2.24) is 29.4 Å². The van der Waals surface area contributed by atoms with Gasteiger partial charge in [0.2, 0.25) is 0 Å². The van der Waals surface area contributed by atoms with Gasteiger partial charge in [-0.2, -0.15) is 10.2 Å². The maximum Gasteiger partial charge on any atom is 0.312 e. The Balaban J connectivity index is 1.35. The van der Waals surface area contributed by atoms with Crippen LogP contribution in [-0.4, -0.2) is 66.4 Å². The van der Waals surface area contributed by atoms with Crippen molar-refractivity contribution < 1.29 is 9.72 Å². The number of carbonyl (C=O) groups excluding carboxylic acids is 1. The average Bonchev–Trinajstić information content (AvgIpc) is 3.32. The van der Waals surface area contributed by atoms with Crippen molar-refractivity contribution in [2.24, 2.45) is 0 Å². The molecule has 0 N–H and O–H groups in total.